The summed E-state index contributed by atoms with van der Waals surface area (Å²) in [7, 11) is -2.45. The summed E-state index contributed by atoms with van der Waals surface area (Å²) in [5.74, 6) is -2.18. The summed E-state index contributed by atoms with van der Waals surface area (Å²) in [4.78, 5) is 16.4. The Labute approximate surface area is 220 Å². The Balaban J connectivity index is 1.50. The van der Waals surface area contributed by atoms with E-state index < -0.39 is 27.6 Å². The molecular weight excluding hydrogens is 528 g/mol. The van der Waals surface area contributed by atoms with Gasteiger partial charge in [0.2, 0.25) is 10.0 Å². The van der Waals surface area contributed by atoms with E-state index >= 15 is 0 Å². The van der Waals surface area contributed by atoms with Gasteiger partial charge in [-0.15, -0.1) is 0 Å². The number of rotatable bonds is 10. The second kappa shape index (κ2) is 12.0. The monoisotopic (exact) mass is 557 g/mol. The van der Waals surface area contributed by atoms with E-state index in [1.54, 1.807) is 0 Å². The molecule has 37 heavy (non-hydrogen) atoms. The van der Waals surface area contributed by atoms with Crippen LogP contribution in [0.5, 0.6) is 0 Å². The zero-order chi connectivity index (χ0) is 26.6. The number of carbonyl (C=O) groups is 1. The van der Waals surface area contributed by atoms with Crippen molar-refractivity contribution in [2.24, 2.45) is 0 Å². The molecule has 0 bridgehead atoms. The lowest BCUT2D eigenvalue weighted by Crippen LogP contribution is -2.57. The highest BCUT2D eigenvalue weighted by Crippen LogP contribution is 2.28. The van der Waals surface area contributed by atoms with Crippen LogP contribution in [-0.4, -0.2) is 88.9 Å². The summed E-state index contributed by atoms with van der Waals surface area (Å²) < 4.78 is 62.1. The summed E-state index contributed by atoms with van der Waals surface area (Å²) in [5, 5.41) is -0.242. The lowest BCUT2D eigenvalue weighted by molar-refractivity contribution is -0.0764. The van der Waals surface area contributed by atoms with Crippen LogP contribution in [0.4, 0.5) is 14.5 Å². The van der Waals surface area contributed by atoms with Crippen molar-refractivity contribution in [3.05, 3.63) is 64.2 Å². The fraction of sp³-hybridized carbons (Fsp3) is 0.458. The number of hydrogen-bond acceptors (Lipinski definition) is 7. The van der Waals surface area contributed by atoms with Gasteiger partial charge in [0.15, 0.2) is 0 Å². The highest BCUT2D eigenvalue weighted by Gasteiger charge is 2.30. The van der Waals surface area contributed by atoms with Gasteiger partial charge in [-0.25, -0.2) is 22.6 Å². The van der Waals surface area contributed by atoms with Gasteiger partial charge in [0.25, 0.3) is 5.91 Å². The lowest BCUT2D eigenvalue weighted by atomic mass is 10.1. The average Bonchev–Trinajstić information content (AvgIpc) is 2.83. The van der Waals surface area contributed by atoms with Crippen LogP contribution < -0.4 is 15.2 Å². The van der Waals surface area contributed by atoms with Crippen molar-refractivity contribution in [2.75, 3.05) is 63.0 Å². The summed E-state index contributed by atoms with van der Waals surface area (Å²) in [6.07, 6.45) is 0. The van der Waals surface area contributed by atoms with E-state index in [2.05, 4.69) is 20.7 Å². The van der Waals surface area contributed by atoms with Crippen LogP contribution >= 0.6 is 11.6 Å². The minimum Gasteiger partial charge on any atom is -0.378 e. The number of nitrogens with one attached hydrogen (secondary N) is 2. The molecule has 0 unspecified atom stereocenters. The second-order valence-electron chi connectivity index (χ2n) is 9.00. The van der Waals surface area contributed by atoms with Gasteiger partial charge in [-0.2, -0.15) is 0 Å². The molecule has 2 aromatic carbocycles. The third-order valence-corrected chi connectivity index (χ3v) is 8.60. The minimum atomic E-state index is -3.96. The summed E-state index contributed by atoms with van der Waals surface area (Å²) >= 11 is 5.94. The molecular formula is C24H30ClF2N5O4S. The number of amides is 1. The van der Waals surface area contributed by atoms with Gasteiger partial charge in [0.05, 0.1) is 42.3 Å². The molecule has 202 valence electrons. The van der Waals surface area contributed by atoms with Crippen LogP contribution in [0.25, 0.3) is 0 Å². The van der Waals surface area contributed by atoms with Gasteiger partial charge in [0.1, 0.15) is 11.6 Å². The largest absolute Gasteiger partial charge is 0.378 e. The Bertz CT molecular complexity index is 1220. The van der Waals surface area contributed by atoms with Crippen molar-refractivity contribution in [3.63, 3.8) is 0 Å². The maximum atomic E-state index is 14.9. The number of halogens is 3. The van der Waals surface area contributed by atoms with Crippen LogP contribution in [0.15, 0.2) is 36.4 Å². The van der Waals surface area contributed by atoms with E-state index in [4.69, 9.17) is 16.3 Å². The maximum absolute atomic E-state index is 14.9. The first-order valence-corrected chi connectivity index (χ1v) is 13.9. The molecule has 2 aliphatic rings. The van der Waals surface area contributed by atoms with E-state index in [0.29, 0.717) is 12.6 Å². The molecule has 2 aromatic rings. The van der Waals surface area contributed by atoms with Gasteiger partial charge >= 0.3 is 0 Å². The standard InChI is InChI=1S/C24H30ClF2N5O4S/c1-28-29-24(33)17-2-3-18(23(27)12-17)14-32(19-4-5-22(26)21(25)13-19)37(34,35)11-10-30-6-8-31(9-7-30)20-15-36-16-20/h2-5,12-13,20,28H,6-11,14-16H2,1H3,(H,29,33). The lowest BCUT2D eigenvalue weighted by Gasteiger charge is -2.42. The predicted molar refractivity (Wildman–Crippen MR) is 137 cm³/mol. The number of sulfonamides is 1. The van der Waals surface area contributed by atoms with Crippen LogP contribution in [0.3, 0.4) is 0 Å². The van der Waals surface area contributed by atoms with Crippen LogP contribution in [0.1, 0.15) is 15.9 Å². The zero-order valence-corrected chi connectivity index (χ0v) is 22.0. The molecule has 2 N–H and O–H groups in total. The van der Waals surface area contributed by atoms with Crippen molar-refractivity contribution in [2.45, 2.75) is 12.6 Å². The molecule has 0 aliphatic carbocycles. The van der Waals surface area contributed by atoms with E-state index in [0.717, 1.165) is 55.8 Å². The molecule has 2 fully saturated rings. The molecule has 0 radical (unpaired) electrons. The van der Waals surface area contributed by atoms with Crippen LogP contribution in [-0.2, 0) is 21.3 Å². The van der Waals surface area contributed by atoms with Gasteiger partial charge in [-0.05, 0) is 30.3 Å². The number of piperazine rings is 1. The number of nitrogens with zero attached hydrogens (tertiary/aromatic N) is 3. The Morgan fingerprint density at radius 2 is 1.84 bits per heavy atom. The number of hydrogen-bond donors (Lipinski definition) is 2. The molecule has 2 aliphatic heterocycles. The van der Waals surface area contributed by atoms with E-state index in [1.165, 1.54) is 31.3 Å². The predicted octanol–water partition coefficient (Wildman–Crippen LogP) is 1.84. The Hall–Kier alpha value is -2.35. The normalized spacial score (nSPS) is 17.4. The fourth-order valence-corrected chi connectivity index (χ4v) is 5.94. The van der Waals surface area contributed by atoms with Crippen molar-refractivity contribution in [1.82, 2.24) is 20.7 Å². The molecule has 0 spiro atoms. The minimum absolute atomic E-state index is 0.0568. The van der Waals surface area contributed by atoms with Crippen molar-refractivity contribution in [3.8, 4) is 0 Å². The van der Waals surface area contributed by atoms with Crippen molar-refractivity contribution in [1.29, 1.82) is 0 Å². The maximum Gasteiger partial charge on any atom is 0.265 e. The first-order valence-electron chi connectivity index (χ1n) is 11.9. The molecule has 2 heterocycles. The highest BCUT2D eigenvalue weighted by molar-refractivity contribution is 7.92. The van der Waals surface area contributed by atoms with Crippen LogP contribution in [0, 0.1) is 11.6 Å². The van der Waals surface area contributed by atoms with Crippen LogP contribution in [0.2, 0.25) is 5.02 Å². The molecule has 0 atom stereocenters. The third kappa shape index (κ3) is 6.75. The first kappa shape index (κ1) is 27.7. The number of anilines is 1. The SMILES string of the molecule is CNNC(=O)c1ccc(CN(c2ccc(F)c(Cl)c2)S(=O)(=O)CCN2CCN(C3COC3)CC2)c(F)c1. The average molecular weight is 558 g/mol. The van der Waals surface area contributed by atoms with Gasteiger partial charge in [-0.1, -0.05) is 17.7 Å². The summed E-state index contributed by atoms with van der Waals surface area (Å²) in [6.45, 7) is 4.57. The first-order chi connectivity index (χ1) is 17.7. The van der Waals surface area contributed by atoms with Gasteiger partial charge in [-0.3, -0.25) is 24.3 Å². The van der Waals surface area contributed by atoms with E-state index in [1.807, 2.05) is 0 Å². The Morgan fingerprint density at radius 3 is 2.43 bits per heavy atom. The number of hydrazine groups is 1. The topological polar surface area (TPSA) is 94.2 Å². The molecule has 13 heteroatoms. The molecule has 1 amide bonds. The Morgan fingerprint density at radius 1 is 1.11 bits per heavy atom. The van der Waals surface area contributed by atoms with Gasteiger partial charge in [0, 0.05) is 50.9 Å². The molecule has 9 nitrogen and oxygen atoms in total. The second-order valence-corrected chi connectivity index (χ2v) is 11.4. The van der Waals surface area contributed by atoms with E-state index in [9.17, 15) is 22.0 Å². The van der Waals surface area contributed by atoms with Gasteiger partial charge < -0.3 is 4.74 Å². The number of benzene rings is 2. The third-order valence-electron chi connectivity index (χ3n) is 6.60. The molecule has 2 saturated heterocycles. The van der Waals surface area contributed by atoms with E-state index in [-0.39, 0.29) is 34.1 Å². The van der Waals surface area contributed by atoms with Crippen molar-refractivity contribution < 1.29 is 26.7 Å². The number of carbonyl (C=O) groups excluding carboxylic acids is 1. The summed E-state index contributed by atoms with van der Waals surface area (Å²) in [5.41, 5.74) is 5.07. The zero-order valence-electron chi connectivity index (χ0n) is 20.4. The number of ether oxygens (including phenoxy) is 1. The molecule has 0 saturated carbocycles. The quantitative estimate of drug-likeness (QED) is 0.431. The molecule has 0 aromatic heterocycles. The smallest absolute Gasteiger partial charge is 0.265 e. The Kier molecular flexibility index (Phi) is 8.98. The molecule has 4 rings (SSSR count). The van der Waals surface area contributed by atoms with Crippen molar-refractivity contribution >= 4 is 33.2 Å². The highest BCUT2D eigenvalue weighted by atomic mass is 35.5. The summed E-state index contributed by atoms with van der Waals surface area (Å²) in [6, 6.07) is 7.82. The fourth-order valence-electron chi connectivity index (χ4n) is 4.29.